The lowest BCUT2D eigenvalue weighted by Crippen LogP contribution is -2.68. The molecule has 6 N–H and O–H groups in total. The summed E-state index contributed by atoms with van der Waals surface area (Å²) in [5.41, 5.74) is 2.23. The molecule has 0 aliphatic carbocycles. The van der Waals surface area contributed by atoms with E-state index in [1.165, 1.54) is 6.92 Å². The van der Waals surface area contributed by atoms with E-state index in [0.717, 1.165) is 22.6 Å². The first kappa shape index (κ1) is 32.5. The van der Waals surface area contributed by atoms with E-state index in [2.05, 4.69) is 10.6 Å². The summed E-state index contributed by atoms with van der Waals surface area (Å²) < 4.78 is 11.3. The van der Waals surface area contributed by atoms with Gasteiger partial charge in [-0.25, -0.2) is 4.79 Å². The number of benzene rings is 2. The Bertz CT molecular complexity index is 1150. The summed E-state index contributed by atoms with van der Waals surface area (Å²) in [7, 11) is 0. The molecular formula is C29H38N2O9S. The Morgan fingerprint density at radius 1 is 1.10 bits per heavy atom. The maximum atomic E-state index is 12.7. The van der Waals surface area contributed by atoms with Crippen molar-refractivity contribution in [2.24, 2.45) is 0 Å². The molecule has 1 aliphatic rings. The molecule has 2 aromatic rings. The number of carboxylic acids is 1. The normalized spacial score (nSPS) is 23.8. The highest BCUT2D eigenvalue weighted by Crippen LogP contribution is 2.34. The fraction of sp³-hybridized carbons (Fsp3) is 0.483. The number of ether oxygens (including phenoxy) is 2. The number of amides is 2. The summed E-state index contributed by atoms with van der Waals surface area (Å²) in [6.07, 6.45) is -6.47. The number of aliphatic carboxylic acids is 1. The molecule has 1 aliphatic heterocycles. The van der Waals surface area contributed by atoms with Crippen molar-refractivity contribution in [2.45, 2.75) is 62.9 Å². The van der Waals surface area contributed by atoms with E-state index in [1.807, 2.05) is 37.3 Å². The van der Waals surface area contributed by atoms with Crippen LogP contribution in [0.1, 0.15) is 37.0 Å². The minimum Gasteiger partial charge on any atom is -0.477 e. The maximum Gasteiger partial charge on any atom is 0.364 e. The Morgan fingerprint density at radius 2 is 1.76 bits per heavy atom. The van der Waals surface area contributed by atoms with Gasteiger partial charge in [0.25, 0.3) is 11.7 Å². The fourth-order valence-electron chi connectivity index (χ4n) is 4.58. The summed E-state index contributed by atoms with van der Waals surface area (Å²) in [6, 6.07) is 15.2. The predicted molar refractivity (Wildman–Crippen MR) is 153 cm³/mol. The van der Waals surface area contributed by atoms with Crippen LogP contribution in [0.25, 0.3) is 11.1 Å². The lowest BCUT2D eigenvalue weighted by molar-refractivity contribution is -0.310. The predicted octanol–water partition coefficient (Wildman–Crippen LogP) is 1.40. The number of carbonyl (C=O) groups is 3. The van der Waals surface area contributed by atoms with Crippen LogP contribution in [-0.2, 0) is 19.1 Å². The van der Waals surface area contributed by atoms with Crippen molar-refractivity contribution in [3.05, 3.63) is 60.2 Å². The molecule has 224 valence electrons. The highest BCUT2D eigenvalue weighted by molar-refractivity contribution is 7.99. The molecule has 0 spiro atoms. The molecule has 1 heterocycles. The van der Waals surface area contributed by atoms with Crippen molar-refractivity contribution in [3.8, 4) is 11.1 Å². The van der Waals surface area contributed by atoms with Crippen molar-refractivity contribution in [1.29, 1.82) is 0 Å². The Labute approximate surface area is 243 Å². The Morgan fingerprint density at radius 3 is 2.37 bits per heavy atom. The van der Waals surface area contributed by atoms with Gasteiger partial charge in [0.15, 0.2) is 0 Å². The molecule has 41 heavy (non-hydrogen) atoms. The zero-order chi connectivity index (χ0) is 30.0. The van der Waals surface area contributed by atoms with E-state index in [9.17, 15) is 34.8 Å². The molecule has 0 saturated carbocycles. The minimum absolute atomic E-state index is 0.0152. The van der Waals surface area contributed by atoms with Crippen LogP contribution in [0.5, 0.6) is 0 Å². The number of hydrogen-bond donors (Lipinski definition) is 6. The Hall–Kier alpha value is -3.00. The molecule has 0 bridgehead atoms. The molecular weight excluding hydrogens is 552 g/mol. The van der Waals surface area contributed by atoms with E-state index >= 15 is 0 Å². The third-order valence-corrected chi connectivity index (χ3v) is 7.68. The second-order valence-electron chi connectivity index (χ2n) is 9.75. The summed E-state index contributed by atoms with van der Waals surface area (Å²) in [6.45, 7) is 2.78. The van der Waals surface area contributed by atoms with Gasteiger partial charge >= 0.3 is 5.97 Å². The van der Waals surface area contributed by atoms with Crippen molar-refractivity contribution in [1.82, 2.24) is 10.6 Å². The largest absolute Gasteiger partial charge is 0.477 e. The zero-order valence-corrected chi connectivity index (χ0v) is 23.9. The first-order chi connectivity index (χ1) is 19.6. The molecule has 12 heteroatoms. The summed E-state index contributed by atoms with van der Waals surface area (Å²) >= 11 is 1.65. The van der Waals surface area contributed by atoms with Crippen LogP contribution < -0.4 is 10.6 Å². The van der Waals surface area contributed by atoms with Crippen molar-refractivity contribution in [2.75, 3.05) is 24.7 Å². The van der Waals surface area contributed by atoms with E-state index in [0.29, 0.717) is 12.0 Å². The molecule has 1 saturated heterocycles. The van der Waals surface area contributed by atoms with Crippen molar-refractivity contribution >= 4 is 29.5 Å². The van der Waals surface area contributed by atoms with Crippen LogP contribution >= 0.6 is 11.8 Å². The SMILES string of the molecule is CCSCCCO[C@]1(C(=O)O)CC(O)[C@@H](NC(C)=O)C(C(O)[C@H](O)CNC(=O)c2ccc(-c3ccccc3)cc2)O1. The maximum absolute atomic E-state index is 12.7. The molecule has 3 rings (SSSR count). The molecule has 1 fully saturated rings. The average Bonchev–Trinajstić information content (AvgIpc) is 2.96. The standard InChI is InChI=1S/C29H38N2O9S/c1-3-41-15-7-14-39-29(28(37)38)16-22(33)24(31-18(2)32)26(40-29)25(35)23(34)17-30-27(36)21-12-10-20(11-13-21)19-8-5-4-6-9-19/h4-6,8-13,22-26,33-35H,3,7,14-17H2,1-2H3,(H,30,36)(H,31,32)(H,37,38)/t22?,23-,24-,25?,26?,29-/m1/s1. The quantitative estimate of drug-likeness (QED) is 0.177. The first-order valence-corrected chi connectivity index (χ1v) is 14.6. The van der Waals surface area contributed by atoms with Crippen LogP contribution in [0.2, 0.25) is 0 Å². The summed E-state index contributed by atoms with van der Waals surface area (Å²) in [5.74, 6) is -3.27. The topological polar surface area (TPSA) is 175 Å². The van der Waals surface area contributed by atoms with E-state index < -0.39 is 67.0 Å². The number of hydrogen-bond acceptors (Lipinski definition) is 9. The number of thioether (sulfide) groups is 1. The van der Waals surface area contributed by atoms with Crippen molar-refractivity contribution < 1.29 is 44.3 Å². The molecule has 2 amide bonds. The number of nitrogens with one attached hydrogen (secondary N) is 2. The smallest absolute Gasteiger partial charge is 0.364 e. The Kier molecular flexibility index (Phi) is 12.1. The molecule has 11 nitrogen and oxygen atoms in total. The van der Waals surface area contributed by atoms with Gasteiger partial charge in [-0.3, -0.25) is 9.59 Å². The monoisotopic (exact) mass is 590 g/mol. The van der Waals surface area contributed by atoms with Gasteiger partial charge < -0.3 is 40.5 Å². The second-order valence-corrected chi connectivity index (χ2v) is 11.1. The summed E-state index contributed by atoms with van der Waals surface area (Å²) in [4.78, 5) is 36.8. The van der Waals surface area contributed by atoms with E-state index in [1.54, 1.807) is 36.0 Å². The molecule has 0 aromatic heterocycles. The number of aliphatic hydroxyl groups excluding tert-OH is 3. The van der Waals surface area contributed by atoms with Crippen LogP contribution in [0.3, 0.4) is 0 Å². The van der Waals surface area contributed by atoms with Gasteiger partial charge in [-0.1, -0.05) is 49.4 Å². The van der Waals surface area contributed by atoms with Gasteiger partial charge in [0.2, 0.25) is 5.91 Å². The minimum atomic E-state index is -2.31. The van der Waals surface area contributed by atoms with Crippen LogP contribution in [0, 0.1) is 0 Å². The van der Waals surface area contributed by atoms with Crippen LogP contribution in [0.4, 0.5) is 0 Å². The molecule has 2 aromatic carbocycles. The van der Waals surface area contributed by atoms with Crippen LogP contribution in [-0.4, -0.2) is 99.1 Å². The van der Waals surface area contributed by atoms with E-state index in [4.69, 9.17) is 9.47 Å². The Balaban J connectivity index is 1.69. The molecule has 0 radical (unpaired) electrons. The first-order valence-electron chi connectivity index (χ1n) is 13.5. The number of rotatable bonds is 14. The van der Waals surface area contributed by atoms with Gasteiger partial charge in [0.1, 0.15) is 12.2 Å². The molecule has 3 unspecified atom stereocenters. The lowest BCUT2D eigenvalue weighted by atomic mass is 9.88. The summed E-state index contributed by atoms with van der Waals surface area (Å²) in [5, 5.41) is 47.5. The molecule has 6 atom stereocenters. The highest BCUT2D eigenvalue weighted by Gasteiger charge is 2.55. The van der Waals surface area contributed by atoms with Gasteiger partial charge in [-0.05, 0) is 41.2 Å². The third-order valence-electron chi connectivity index (χ3n) is 6.70. The fourth-order valence-corrected chi connectivity index (χ4v) is 5.19. The lowest BCUT2D eigenvalue weighted by Gasteiger charge is -2.46. The third kappa shape index (κ3) is 8.74. The number of carbonyl (C=O) groups excluding carboxylic acids is 2. The zero-order valence-electron chi connectivity index (χ0n) is 23.1. The average molecular weight is 591 g/mol. The van der Waals surface area contributed by atoms with Gasteiger partial charge in [-0.15, -0.1) is 0 Å². The second kappa shape index (κ2) is 15.3. The number of carboxylic acid groups (broad SMARTS) is 1. The van der Waals surface area contributed by atoms with Gasteiger partial charge in [0, 0.05) is 25.5 Å². The highest BCUT2D eigenvalue weighted by atomic mass is 32.2. The van der Waals surface area contributed by atoms with Gasteiger partial charge in [0.05, 0.1) is 24.9 Å². The van der Waals surface area contributed by atoms with Gasteiger partial charge in [-0.2, -0.15) is 11.8 Å². The van der Waals surface area contributed by atoms with E-state index in [-0.39, 0.29) is 6.61 Å². The van der Waals surface area contributed by atoms with Crippen molar-refractivity contribution in [3.63, 3.8) is 0 Å². The van der Waals surface area contributed by atoms with Crippen LogP contribution in [0.15, 0.2) is 54.6 Å². The number of aliphatic hydroxyl groups is 3.